The number of sulfone groups is 1. The predicted molar refractivity (Wildman–Crippen MR) is 145 cm³/mol. The summed E-state index contributed by atoms with van der Waals surface area (Å²) < 4.78 is 137. The minimum atomic E-state index is -6.36. The van der Waals surface area contributed by atoms with Crippen molar-refractivity contribution in [2.75, 3.05) is 6.54 Å². The van der Waals surface area contributed by atoms with Crippen LogP contribution in [0.25, 0.3) is 0 Å². The molecule has 0 unspecified atom stereocenters. The van der Waals surface area contributed by atoms with Gasteiger partial charge in [0.1, 0.15) is 10.6 Å². The zero-order valence-electron chi connectivity index (χ0n) is 23.9. The molecule has 0 radical (unpaired) electrons. The molecule has 15 heteroatoms. The van der Waals surface area contributed by atoms with Crippen LogP contribution in [-0.2, 0) is 36.3 Å². The minimum Gasteiger partial charge on any atom is -0.354 e. The second-order valence-electron chi connectivity index (χ2n) is 12.0. The van der Waals surface area contributed by atoms with E-state index in [1.54, 1.807) is 0 Å². The van der Waals surface area contributed by atoms with Gasteiger partial charge in [0.2, 0.25) is 11.8 Å². The van der Waals surface area contributed by atoms with Gasteiger partial charge in [-0.3, -0.25) is 9.59 Å². The van der Waals surface area contributed by atoms with Crippen LogP contribution in [0.15, 0.2) is 47.4 Å². The molecule has 1 aliphatic heterocycles. The number of hydrogen-bond acceptors (Lipinski definition) is 4. The second-order valence-corrected chi connectivity index (χ2v) is 14.2. The molecule has 2 fully saturated rings. The summed E-state index contributed by atoms with van der Waals surface area (Å²) >= 11 is 0. The Morgan fingerprint density at radius 3 is 2.04 bits per heavy atom. The van der Waals surface area contributed by atoms with E-state index in [9.17, 15) is 53.1 Å². The smallest absolute Gasteiger partial charge is 0.354 e. The highest BCUT2D eigenvalue weighted by atomic mass is 32.2. The summed E-state index contributed by atoms with van der Waals surface area (Å²) in [6.45, 7) is 1.31. The van der Waals surface area contributed by atoms with Crippen molar-refractivity contribution in [3.63, 3.8) is 0 Å². The first kappa shape index (κ1) is 33.1. The van der Waals surface area contributed by atoms with Crippen molar-refractivity contribution in [1.82, 2.24) is 10.2 Å². The Balaban J connectivity index is 1.59. The lowest BCUT2D eigenvalue weighted by molar-refractivity contribution is -0.348. The molecule has 2 aromatic rings. The van der Waals surface area contributed by atoms with Crippen molar-refractivity contribution in [3.05, 3.63) is 65.0 Å². The van der Waals surface area contributed by atoms with Gasteiger partial charge in [0.15, 0.2) is 9.84 Å². The maximum absolute atomic E-state index is 15.0. The molecule has 2 atom stereocenters. The molecule has 1 heterocycles. The van der Waals surface area contributed by atoms with E-state index in [0.29, 0.717) is 37.8 Å². The predicted octanol–water partition coefficient (Wildman–Crippen LogP) is 6.03. The van der Waals surface area contributed by atoms with Crippen molar-refractivity contribution in [2.45, 2.75) is 91.6 Å². The molecule has 0 aromatic heterocycles. The largest absolute Gasteiger partial charge is 0.435 e. The van der Waals surface area contributed by atoms with Crippen molar-refractivity contribution in [3.8, 4) is 0 Å². The normalized spacial score (nSPS) is 25.8. The van der Waals surface area contributed by atoms with Gasteiger partial charge in [-0.1, -0.05) is 18.2 Å². The first-order valence-electron chi connectivity index (χ1n) is 14.4. The number of alkyl halides is 7. The van der Waals surface area contributed by atoms with Crippen molar-refractivity contribution >= 4 is 21.7 Å². The van der Waals surface area contributed by atoms with Gasteiger partial charge >= 0.3 is 18.0 Å². The van der Waals surface area contributed by atoms with Crippen molar-refractivity contribution < 1.29 is 53.1 Å². The SMILES string of the molecule is CC(=O)NC1CCC(C(=O)N2CC[C@]3(S(=O)(=O)c4ccc(F)cc4)c4ccc(C(F)(C(F)(F)F)C(F)(F)F)cc4CC[C@H]23)CC1. The van der Waals surface area contributed by atoms with Gasteiger partial charge in [-0.2, -0.15) is 26.3 Å². The van der Waals surface area contributed by atoms with Crippen LogP contribution in [0.3, 0.4) is 0 Å². The Morgan fingerprint density at radius 1 is 0.889 bits per heavy atom. The fraction of sp³-hybridized carbons (Fsp3) is 0.533. The van der Waals surface area contributed by atoms with Crippen LogP contribution in [0.5, 0.6) is 0 Å². The summed E-state index contributed by atoms with van der Waals surface area (Å²) in [5.74, 6) is -1.78. The van der Waals surface area contributed by atoms with E-state index in [4.69, 9.17) is 0 Å². The van der Waals surface area contributed by atoms with Crippen LogP contribution >= 0.6 is 0 Å². The average molecular weight is 667 g/mol. The zero-order chi connectivity index (χ0) is 33.2. The molecule has 0 spiro atoms. The maximum atomic E-state index is 15.0. The number of halogens is 8. The fourth-order valence-electron chi connectivity index (χ4n) is 7.32. The number of carbonyl (C=O) groups excluding carboxylic acids is 2. The van der Waals surface area contributed by atoms with Gasteiger partial charge < -0.3 is 10.2 Å². The molecular formula is C30H30F8N2O4S. The van der Waals surface area contributed by atoms with Crippen LogP contribution in [0.4, 0.5) is 35.1 Å². The molecule has 5 rings (SSSR count). The number of rotatable bonds is 5. The lowest BCUT2D eigenvalue weighted by Gasteiger charge is -2.44. The molecule has 2 aliphatic carbocycles. The number of aryl methyl sites for hydroxylation is 1. The summed E-state index contributed by atoms with van der Waals surface area (Å²) in [6, 6.07) is 4.17. The first-order chi connectivity index (χ1) is 20.8. The van der Waals surface area contributed by atoms with Crippen LogP contribution < -0.4 is 5.32 Å². The van der Waals surface area contributed by atoms with E-state index in [-0.39, 0.29) is 59.7 Å². The zero-order valence-corrected chi connectivity index (χ0v) is 24.8. The first-order valence-corrected chi connectivity index (χ1v) is 15.9. The van der Waals surface area contributed by atoms with Crippen LogP contribution in [0.2, 0.25) is 0 Å². The Kier molecular flexibility index (Phi) is 8.27. The highest BCUT2D eigenvalue weighted by molar-refractivity contribution is 7.92. The quantitative estimate of drug-likeness (QED) is 0.313. The third-order valence-corrected chi connectivity index (χ3v) is 12.0. The van der Waals surface area contributed by atoms with Gasteiger partial charge in [-0.05, 0) is 80.3 Å². The van der Waals surface area contributed by atoms with E-state index in [2.05, 4.69) is 5.32 Å². The summed E-state index contributed by atoms with van der Waals surface area (Å²) in [6.07, 6.45) is -11.5. The van der Waals surface area contributed by atoms with Gasteiger partial charge in [-0.15, -0.1) is 0 Å². The topological polar surface area (TPSA) is 83.6 Å². The molecule has 1 saturated heterocycles. The Morgan fingerprint density at radius 2 is 1.49 bits per heavy atom. The molecule has 45 heavy (non-hydrogen) atoms. The van der Waals surface area contributed by atoms with E-state index in [1.165, 1.54) is 11.8 Å². The van der Waals surface area contributed by atoms with Gasteiger partial charge in [0, 0.05) is 31.0 Å². The highest BCUT2D eigenvalue weighted by Crippen LogP contribution is 2.57. The lowest BCUT2D eigenvalue weighted by atomic mass is 9.76. The van der Waals surface area contributed by atoms with Gasteiger partial charge in [-0.25, -0.2) is 17.2 Å². The van der Waals surface area contributed by atoms with E-state index in [1.807, 2.05) is 0 Å². The summed E-state index contributed by atoms with van der Waals surface area (Å²) in [4.78, 5) is 26.4. The Labute approximate surface area is 254 Å². The number of amides is 2. The molecule has 0 bridgehead atoms. The van der Waals surface area contributed by atoms with Crippen LogP contribution in [0, 0.1) is 11.7 Å². The molecule has 3 aliphatic rings. The standard InChI is InChI=1S/C30H30F8N2O4S/c1-17(41)39-22-8-2-18(3-9-22)26(42)40-15-14-27(45(43,44)23-10-6-21(31)7-11-23)24-12-5-20(16-19(24)4-13-25(27)40)28(32,29(33,34)35)30(36,37)38/h5-7,10-12,16,18,22,25H,2-4,8-9,13-15H2,1H3,(H,39,41)/t18?,22?,25-,27-/m0/s1. The molecule has 246 valence electrons. The van der Waals surface area contributed by atoms with E-state index >= 15 is 0 Å². The number of carbonyl (C=O) groups is 2. The van der Waals surface area contributed by atoms with Gasteiger partial charge in [0.25, 0.3) is 0 Å². The number of likely N-dealkylation sites (tertiary alicyclic amines) is 1. The third kappa shape index (κ3) is 5.28. The molecule has 1 N–H and O–H groups in total. The second kappa shape index (κ2) is 11.2. The van der Waals surface area contributed by atoms with Crippen LogP contribution in [-0.4, -0.2) is 56.1 Å². The Hall–Kier alpha value is -3.23. The number of fused-ring (bicyclic) bond motifs is 3. The number of nitrogens with zero attached hydrogens (tertiary/aromatic N) is 1. The minimum absolute atomic E-state index is 0.0745. The summed E-state index contributed by atoms with van der Waals surface area (Å²) in [5.41, 5.74) is -7.77. The van der Waals surface area contributed by atoms with Crippen molar-refractivity contribution in [2.24, 2.45) is 5.92 Å². The number of nitrogens with one attached hydrogen (secondary N) is 1. The fourth-order valence-corrected chi connectivity index (χ4v) is 9.69. The molecule has 1 saturated carbocycles. The summed E-state index contributed by atoms with van der Waals surface area (Å²) in [5, 5.41) is 2.81. The summed E-state index contributed by atoms with van der Waals surface area (Å²) in [7, 11) is -4.56. The molecule has 2 aromatic carbocycles. The number of benzene rings is 2. The third-order valence-electron chi connectivity index (χ3n) is 9.44. The van der Waals surface area contributed by atoms with Crippen LogP contribution in [0.1, 0.15) is 62.1 Å². The molecule has 2 amide bonds. The maximum Gasteiger partial charge on any atom is 0.435 e. The lowest BCUT2D eigenvalue weighted by Crippen LogP contribution is -2.54. The Bertz CT molecular complexity index is 1570. The van der Waals surface area contributed by atoms with Gasteiger partial charge in [0.05, 0.1) is 10.9 Å². The highest BCUT2D eigenvalue weighted by Gasteiger charge is 2.74. The van der Waals surface area contributed by atoms with E-state index in [0.717, 1.165) is 30.3 Å². The van der Waals surface area contributed by atoms with Crippen molar-refractivity contribution in [1.29, 1.82) is 0 Å². The monoisotopic (exact) mass is 666 g/mol. The van der Waals surface area contributed by atoms with E-state index < -0.39 is 55.9 Å². The number of hydrogen-bond donors (Lipinski definition) is 1. The molecular weight excluding hydrogens is 636 g/mol. The molecule has 6 nitrogen and oxygen atoms in total. The average Bonchev–Trinajstić information content (AvgIpc) is 3.37.